The number of nitrogens with zero attached hydrogens (tertiary/aromatic N) is 5. The number of hydrogen-bond acceptors (Lipinski definition) is 6. The minimum Gasteiger partial charge on any atom is -0.350 e. The topological polar surface area (TPSA) is 82.7 Å². The molecule has 0 fully saturated rings. The first-order valence-electron chi connectivity index (χ1n) is 10.3. The van der Waals surface area contributed by atoms with Gasteiger partial charge in [0, 0.05) is 48.5 Å². The summed E-state index contributed by atoms with van der Waals surface area (Å²) >= 11 is 1.02. The van der Waals surface area contributed by atoms with Gasteiger partial charge in [0.25, 0.3) is 0 Å². The van der Waals surface area contributed by atoms with E-state index in [4.69, 9.17) is 0 Å². The summed E-state index contributed by atoms with van der Waals surface area (Å²) in [4.78, 5) is 4.08. The van der Waals surface area contributed by atoms with Gasteiger partial charge in [-0.15, -0.1) is 0 Å². The molecular weight excluding hydrogens is 499 g/mol. The molecule has 0 aliphatic rings. The molecule has 0 radical (unpaired) electrons. The lowest BCUT2D eigenvalue weighted by Gasteiger charge is -2.14. The van der Waals surface area contributed by atoms with E-state index in [1.54, 1.807) is 43.1 Å². The molecule has 7 nitrogen and oxygen atoms in total. The summed E-state index contributed by atoms with van der Waals surface area (Å²) in [7, 11) is -0.231. The zero-order chi connectivity index (χ0) is 25.0. The fourth-order valence-corrected chi connectivity index (χ4v) is 6.20. The average Bonchev–Trinajstić information content (AvgIpc) is 3.53. The molecule has 0 saturated heterocycles. The number of halogens is 3. The molecular formula is C23H18F3N5O2S2. The van der Waals surface area contributed by atoms with Crippen molar-refractivity contribution >= 4 is 32.3 Å². The standard InChI is InChI=1S/C23H18F3N5O2S2/c1-30-11-19(16-5-3-14(23(24,25)26)9-18(16)20-7-8-28-31(20)2)17-6-4-15(10-21(17)30)35(32,33)12-22-27-13-29-34-22/h3-11,13H,12H2,1-2H3. The van der Waals surface area contributed by atoms with Crippen LogP contribution >= 0.6 is 11.5 Å². The number of aromatic nitrogens is 5. The Morgan fingerprint density at radius 1 is 1.00 bits per heavy atom. The SMILES string of the molecule is Cn1nccc1-c1cc(C(F)(F)F)ccc1-c1cn(C)c2cc(S(=O)(=O)Cc3ncns3)ccc12. The number of rotatable bonds is 5. The zero-order valence-corrected chi connectivity index (χ0v) is 20.1. The van der Waals surface area contributed by atoms with Crippen molar-refractivity contribution in [2.24, 2.45) is 14.1 Å². The zero-order valence-electron chi connectivity index (χ0n) is 18.5. The molecule has 0 amide bonds. The number of aryl methyl sites for hydroxylation is 2. The fourth-order valence-electron chi connectivity index (χ4n) is 4.08. The van der Waals surface area contributed by atoms with Crippen LogP contribution in [-0.2, 0) is 35.9 Å². The lowest BCUT2D eigenvalue weighted by Crippen LogP contribution is -2.06. The van der Waals surface area contributed by atoms with E-state index >= 15 is 0 Å². The van der Waals surface area contributed by atoms with Gasteiger partial charge in [-0.25, -0.2) is 13.4 Å². The van der Waals surface area contributed by atoms with Crippen LogP contribution in [0.5, 0.6) is 0 Å². The molecule has 0 aliphatic heterocycles. The molecule has 3 aromatic heterocycles. The predicted molar refractivity (Wildman–Crippen MR) is 126 cm³/mol. The third kappa shape index (κ3) is 4.23. The maximum Gasteiger partial charge on any atom is 0.416 e. The van der Waals surface area contributed by atoms with Crippen molar-refractivity contribution in [2.75, 3.05) is 0 Å². The highest BCUT2D eigenvalue weighted by molar-refractivity contribution is 7.90. The van der Waals surface area contributed by atoms with E-state index in [0.717, 1.165) is 23.7 Å². The molecule has 35 heavy (non-hydrogen) atoms. The van der Waals surface area contributed by atoms with E-state index in [-0.39, 0.29) is 10.6 Å². The first-order valence-corrected chi connectivity index (χ1v) is 12.7. The van der Waals surface area contributed by atoms with Crippen LogP contribution in [0, 0.1) is 0 Å². The molecule has 0 bridgehead atoms. The second-order valence-corrected chi connectivity index (χ2v) is 10.9. The molecule has 2 aromatic carbocycles. The molecule has 0 saturated carbocycles. The molecule has 0 aliphatic carbocycles. The van der Waals surface area contributed by atoms with Crippen LogP contribution in [0.25, 0.3) is 33.3 Å². The Morgan fingerprint density at radius 2 is 1.80 bits per heavy atom. The summed E-state index contributed by atoms with van der Waals surface area (Å²) in [5.74, 6) is -0.260. The molecule has 5 rings (SSSR count). The highest BCUT2D eigenvalue weighted by atomic mass is 32.2. The molecule has 0 spiro atoms. The number of fused-ring (bicyclic) bond motifs is 1. The Labute approximate surface area is 202 Å². The first-order chi connectivity index (χ1) is 16.5. The van der Waals surface area contributed by atoms with Crippen molar-refractivity contribution in [1.29, 1.82) is 0 Å². The van der Waals surface area contributed by atoms with Crippen molar-refractivity contribution in [1.82, 2.24) is 23.7 Å². The lowest BCUT2D eigenvalue weighted by molar-refractivity contribution is -0.137. The molecule has 180 valence electrons. The maximum atomic E-state index is 13.5. The lowest BCUT2D eigenvalue weighted by atomic mass is 9.95. The highest BCUT2D eigenvalue weighted by Crippen LogP contribution is 2.41. The summed E-state index contributed by atoms with van der Waals surface area (Å²) in [6, 6.07) is 10.0. The van der Waals surface area contributed by atoms with Crippen molar-refractivity contribution in [2.45, 2.75) is 16.8 Å². The van der Waals surface area contributed by atoms with E-state index in [0.29, 0.717) is 38.3 Å². The molecule has 0 N–H and O–H groups in total. The number of alkyl halides is 3. The van der Waals surface area contributed by atoms with Gasteiger partial charge >= 0.3 is 6.18 Å². The summed E-state index contributed by atoms with van der Waals surface area (Å²) < 4.78 is 73.5. The van der Waals surface area contributed by atoms with Crippen LogP contribution in [0.1, 0.15) is 10.6 Å². The normalized spacial score (nSPS) is 12.5. The van der Waals surface area contributed by atoms with Crippen molar-refractivity contribution in [3.8, 4) is 22.4 Å². The molecule has 3 heterocycles. The summed E-state index contributed by atoms with van der Waals surface area (Å²) in [5.41, 5.74) is 2.04. The Kier molecular flexibility index (Phi) is 5.52. The average molecular weight is 518 g/mol. The van der Waals surface area contributed by atoms with Gasteiger partial charge in [-0.3, -0.25) is 4.68 Å². The smallest absolute Gasteiger partial charge is 0.350 e. The Hall–Kier alpha value is -3.51. The van der Waals surface area contributed by atoms with Crippen molar-refractivity contribution in [3.63, 3.8) is 0 Å². The quantitative estimate of drug-likeness (QED) is 0.324. The van der Waals surface area contributed by atoms with Crippen LogP contribution in [-0.4, -0.2) is 32.1 Å². The van der Waals surface area contributed by atoms with Gasteiger partial charge in [0.1, 0.15) is 17.1 Å². The monoisotopic (exact) mass is 517 g/mol. The van der Waals surface area contributed by atoms with Gasteiger partial charge in [0.15, 0.2) is 9.84 Å². The largest absolute Gasteiger partial charge is 0.416 e. The number of benzene rings is 2. The minimum absolute atomic E-state index is 0.132. The van der Waals surface area contributed by atoms with E-state index in [1.807, 2.05) is 0 Å². The van der Waals surface area contributed by atoms with E-state index in [9.17, 15) is 21.6 Å². The molecule has 5 aromatic rings. The second-order valence-electron chi connectivity index (χ2n) is 8.02. The second kappa shape index (κ2) is 8.31. The Balaban J connectivity index is 1.66. The molecule has 0 unspecified atom stereocenters. The third-order valence-corrected chi connectivity index (χ3v) is 8.24. The Bertz CT molecular complexity index is 1650. The van der Waals surface area contributed by atoms with Gasteiger partial charge < -0.3 is 4.57 Å². The maximum absolute atomic E-state index is 13.5. The van der Waals surface area contributed by atoms with E-state index < -0.39 is 21.6 Å². The van der Waals surface area contributed by atoms with Gasteiger partial charge in [-0.1, -0.05) is 12.1 Å². The fraction of sp³-hybridized carbons (Fsp3) is 0.174. The van der Waals surface area contributed by atoms with Gasteiger partial charge in [-0.2, -0.15) is 22.6 Å². The van der Waals surface area contributed by atoms with Crippen LogP contribution in [0.15, 0.2) is 66.1 Å². The van der Waals surface area contributed by atoms with Crippen LogP contribution in [0.4, 0.5) is 13.2 Å². The van der Waals surface area contributed by atoms with Crippen LogP contribution < -0.4 is 0 Å². The van der Waals surface area contributed by atoms with Gasteiger partial charge in [0.05, 0.1) is 16.2 Å². The summed E-state index contributed by atoms with van der Waals surface area (Å²) in [5, 5.41) is 5.22. The highest BCUT2D eigenvalue weighted by Gasteiger charge is 2.32. The Morgan fingerprint density at radius 3 is 2.46 bits per heavy atom. The summed E-state index contributed by atoms with van der Waals surface area (Å²) in [6.07, 6.45) is 0.124. The van der Waals surface area contributed by atoms with Crippen molar-refractivity contribution < 1.29 is 21.6 Å². The number of hydrogen-bond donors (Lipinski definition) is 0. The summed E-state index contributed by atoms with van der Waals surface area (Å²) in [6.45, 7) is 0. The van der Waals surface area contributed by atoms with Gasteiger partial charge in [0.2, 0.25) is 0 Å². The third-order valence-electron chi connectivity index (χ3n) is 5.78. The van der Waals surface area contributed by atoms with E-state index in [2.05, 4.69) is 14.5 Å². The number of sulfone groups is 1. The van der Waals surface area contributed by atoms with E-state index in [1.165, 1.54) is 29.3 Å². The molecule has 12 heteroatoms. The predicted octanol–water partition coefficient (Wildman–Crippen LogP) is 5.09. The van der Waals surface area contributed by atoms with Crippen molar-refractivity contribution in [3.05, 3.63) is 71.8 Å². The van der Waals surface area contributed by atoms with Gasteiger partial charge in [-0.05, 0) is 47.4 Å². The minimum atomic E-state index is -4.50. The van der Waals surface area contributed by atoms with Crippen LogP contribution in [0.2, 0.25) is 0 Å². The van der Waals surface area contributed by atoms with Crippen LogP contribution in [0.3, 0.4) is 0 Å². The first kappa shape index (κ1) is 23.2. The molecule has 0 atom stereocenters.